The second-order valence-electron chi connectivity index (χ2n) is 6.26. The standard InChI is InChI=1S/C13H26N2O2/c1-10(2)8-11-9-14-6-7-15(11)17-12(16)13(3,4)5/h10-11,14H,6-9H2,1-5H3. The van der Waals surface area contributed by atoms with Crippen LogP contribution >= 0.6 is 0 Å². The van der Waals surface area contributed by atoms with Crippen molar-refractivity contribution in [1.82, 2.24) is 10.4 Å². The van der Waals surface area contributed by atoms with Gasteiger partial charge in [0.05, 0.1) is 11.5 Å². The van der Waals surface area contributed by atoms with Crippen LogP contribution in [0.15, 0.2) is 0 Å². The molecule has 1 atom stereocenters. The topological polar surface area (TPSA) is 41.6 Å². The second kappa shape index (κ2) is 5.83. The third-order valence-electron chi connectivity index (χ3n) is 2.85. The van der Waals surface area contributed by atoms with E-state index in [0.29, 0.717) is 12.0 Å². The maximum Gasteiger partial charge on any atom is 0.330 e. The maximum atomic E-state index is 11.9. The molecule has 0 bridgehead atoms. The van der Waals surface area contributed by atoms with E-state index in [4.69, 9.17) is 4.84 Å². The van der Waals surface area contributed by atoms with Gasteiger partial charge >= 0.3 is 5.97 Å². The molecule has 1 saturated heterocycles. The van der Waals surface area contributed by atoms with Crippen LogP contribution < -0.4 is 5.32 Å². The fourth-order valence-electron chi connectivity index (χ4n) is 1.85. The van der Waals surface area contributed by atoms with Gasteiger partial charge in [-0.2, -0.15) is 0 Å². The highest BCUT2D eigenvalue weighted by molar-refractivity contribution is 5.75. The molecule has 0 aromatic rings. The number of carbonyl (C=O) groups is 1. The Labute approximate surface area is 105 Å². The molecule has 1 N–H and O–H groups in total. The molecule has 4 nitrogen and oxygen atoms in total. The van der Waals surface area contributed by atoms with E-state index in [2.05, 4.69) is 19.2 Å². The molecule has 0 aromatic carbocycles. The minimum absolute atomic E-state index is 0.145. The Balaban J connectivity index is 2.56. The quantitative estimate of drug-likeness (QED) is 0.819. The van der Waals surface area contributed by atoms with Crippen molar-refractivity contribution in [3.8, 4) is 0 Å². The van der Waals surface area contributed by atoms with Gasteiger partial charge in [-0.3, -0.25) is 0 Å². The molecule has 1 aliphatic rings. The Bertz CT molecular complexity index is 259. The summed E-state index contributed by atoms with van der Waals surface area (Å²) in [5.74, 6) is 0.462. The molecule has 0 saturated carbocycles. The number of nitrogens with one attached hydrogen (secondary N) is 1. The molecule has 1 rings (SSSR count). The lowest BCUT2D eigenvalue weighted by molar-refractivity contribution is -0.216. The number of hydroxylamine groups is 2. The van der Waals surface area contributed by atoms with Gasteiger partial charge in [-0.1, -0.05) is 13.8 Å². The minimum atomic E-state index is -0.437. The zero-order valence-corrected chi connectivity index (χ0v) is 11.7. The molecule has 0 aliphatic carbocycles. The molecule has 1 fully saturated rings. The van der Waals surface area contributed by atoms with E-state index in [1.807, 2.05) is 25.8 Å². The summed E-state index contributed by atoms with van der Waals surface area (Å²) in [7, 11) is 0. The summed E-state index contributed by atoms with van der Waals surface area (Å²) in [4.78, 5) is 17.4. The number of piperazine rings is 1. The van der Waals surface area contributed by atoms with E-state index >= 15 is 0 Å². The Morgan fingerprint density at radius 1 is 1.47 bits per heavy atom. The third-order valence-corrected chi connectivity index (χ3v) is 2.85. The van der Waals surface area contributed by atoms with E-state index in [0.717, 1.165) is 26.1 Å². The minimum Gasteiger partial charge on any atom is -0.367 e. The van der Waals surface area contributed by atoms with Gasteiger partial charge in [0.15, 0.2) is 0 Å². The lowest BCUT2D eigenvalue weighted by Gasteiger charge is -2.36. The van der Waals surface area contributed by atoms with Crippen molar-refractivity contribution < 1.29 is 9.63 Å². The lowest BCUT2D eigenvalue weighted by Crippen LogP contribution is -2.53. The SMILES string of the molecule is CC(C)CC1CNCCN1OC(=O)C(C)(C)C. The van der Waals surface area contributed by atoms with Crippen LogP contribution in [0.2, 0.25) is 0 Å². The second-order valence-corrected chi connectivity index (χ2v) is 6.26. The van der Waals surface area contributed by atoms with Crippen LogP contribution in [0.3, 0.4) is 0 Å². The normalized spacial score (nSPS) is 22.8. The molecule has 0 amide bonds. The highest BCUT2D eigenvalue weighted by Crippen LogP contribution is 2.19. The molecule has 4 heteroatoms. The van der Waals surface area contributed by atoms with Crippen molar-refractivity contribution in [2.24, 2.45) is 11.3 Å². The first kappa shape index (κ1) is 14.5. The van der Waals surface area contributed by atoms with Gasteiger partial charge in [-0.05, 0) is 33.1 Å². The number of carbonyl (C=O) groups excluding carboxylic acids is 1. The van der Waals surface area contributed by atoms with Gasteiger partial charge in [0.25, 0.3) is 0 Å². The predicted octanol–water partition coefficient (Wildman–Crippen LogP) is 1.81. The van der Waals surface area contributed by atoms with Gasteiger partial charge in [-0.25, -0.2) is 4.79 Å². The molecular weight excluding hydrogens is 216 g/mol. The van der Waals surface area contributed by atoms with Gasteiger partial charge in [0.2, 0.25) is 0 Å². The van der Waals surface area contributed by atoms with E-state index in [1.54, 1.807) is 0 Å². The molecule has 0 aromatic heterocycles. The fourth-order valence-corrected chi connectivity index (χ4v) is 1.85. The summed E-state index contributed by atoms with van der Waals surface area (Å²) >= 11 is 0. The predicted molar refractivity (Wildman–Crippen MR) is 68.4 cm³/mol. The summed E-state index contributed by atoms with van der Waals surface area (Å²) < 4.78 is 0. The van der Waals surface area contributed by atoms with Crippen LogP contribution in [0.1, 0.15) is 41.0 Å². The van der Waals surface area contributed by atoms with Crippen LogP contribution in [0.5, 0.6) is 0 Å². The molecule has 17 heavy (non-hydrogen) atoms. The summed E-state index contributed by atoms with van der Waals surface area (Å²) in [5, 5.41) is 5.21. The van der Waals surface area contributed by atoms with Crippen molar-refractivity contribution >= 4 is 5.97 Å². The average molecular weight is 242 g/mol. The summed E-state index contributed by atoms with van der Waals surface area (Å²) in [6.07, 6.45) is 1.05. The maximum absolute atomic E-state index is 11.9. The van der Waals surface area contributed by atoms with Crippen LogP contribution in [-0.2, 0) is 9.63 Å². The highest BCUT2D eigenvalue weighted by Gasteiger charge is 2.31. The third kappa shape index (κ3) is 4.64. The first-order valence-corrected chi connectivity index (χ1v) is 6.50. The number of hydrogen-bond acceptors (Lipinski definition) is 4. The Kier molecular flexibility index (Phi) is 4.95. The molecule has 0 spiro atoms. The van der Waals surface area contributed by atoms with E-state index in [1.165, 1.54) is 0 Å². The van der Waals surface area contributed by atoms with Gasteiger partial charge in [0, 0.05) is 19.6 Å². The van der Waals surface area contributed by atoms with Crippen LogP contribution in [0, 0.1) is 11.3 Å². The summed E-state index contributed by atoms with van der Waals surface area (Å²) in [6.45, 7) is 12.6. The number of nitrogens with zero attached hydrogens (tertiary/aromatic N) is 1. The van der Waals surface area contributed by atoms with Crippen molar-refractivity contribution in [2.75, 3.05) is 19.6 Å². The van der Waals surface area contributed by atoms with Gasteiger partial charge < -0.3 is 10.2 Å². The fraction of sp³-hybridized carbons (Fsp3) is 0.923. The zero-order valence-electron chi connectivity index (χ0n) is 11.7. The molecule has 0 radical (unpaired) electrons. The van der Waals surface area contributed by atoms with E-state index in [9.17, 15) is 4.79 Å². The largest absolute Gasteiger partial charge is 0.367 e. The molecule has 100 valence electrons. The van der Waals surface area contributed by atoms with Gasteiger partial charge in [0.1, 0.15) is 0 Å². The molecule has 1 unspecified atom stereocenters. The van der Waals surface area contributed by atoms with Crippen LogP contribution in [0.25, 0.3) is 0 Å². The highest BCUT2D eigenvalue weighted by atomic mass is 16.7. The van der Waals surface area contributed by atoms with E-state index < -0.39 is 5.41 Å². The molecule has 1 aliphatic heterocycles. The smallest absolute Gasteiger partial charge is 0.330 e. The molecular formula is C13H26N2O2. The van der Waals surface area contributed by atoms with Gasteiger partial charge in [-0.15, -0.1) is 5.06 Å². The van der Waals surface area contributed by atoms with E-state index in [-0.39, 0.29) is 5.97 Å². The Morgan fingerprint density at radius 2 is 2.12 bits per heavy atom. The Morgan fingerprint density at radius 3 is 2.65 bits per heavy atom. The van der Waals surface area contributed by atoms with Crippen molar-refractivity contribution in [3.63, 3.8) is 0 Å². The summed E-state index contributed by atoms with van der Waals surface area (Å²) in [6, 6.07) is 0.301. The first-order chi connectivity index (χ1) is 7.80. The monoisotopic (exact) mass is 242 g/mol. The molecule has 1 heterocycles. The number of rotatable bonds is 3. The Hall–Kier alpha value is -0.610. The zero-order chi connectivity index (χ0) is 13.1. The first-order valence-electron chi connectivity index (χ1n) is 6.50. The van der Waals surface area contributed by atoms with Crippen LogP contribution in [0.4, 0.5) is 0 Å². The average Bonchev–Trinajstić information content (AvgIpc) is 2.18. The lowest BCUT2D eigenvalue weighted by atomic mass is 9.97. The van der Waals surface area contributed by atoms with Crippen molar-refractivity contribution in [3.05, 3.63) is 0 Å². The van der Waals surface area contributed by atoms with Crippen molar-refractivity contribution in [1.29, 1.82) is 0 Å². The van der Waals surface area contributed by atoms with Crippen molar-refractivity contribution in [2.45, 2.75) is 47.1 Å². The summed E-state index contributed by atoms with van der Waals surface area (Å²) in [5.41, 5.74) is -0.437. The van der Waals surface area contributed by atoms with Crippen LogP contribution in [-0.4, -0.2) is 36.7 Å². The number of hydrogen-bond donors (Lipinski definition) is 1.